The fourth-order valence-corrected chi connectivity index (χ4v) is 16.9. The van der Waals surface area contributed by atoms with E-state index in [9.17, 15) is 0 Å². The van der Waals surface area contributed by atoms with Gasteiger partial charge in [0.05, 0.1) is 44.5 Å². The smallest absolute Gasteiger partial charge is 0.180 e. The Morgan fingerprint density at radius 1 is 0.271 bits per heavy atom. The van der Waals surface area contributed by atoms with Crippen LogP contribution >= 0.6 is 0 Å². The molecule has 0 radical (unpaired) electrons. The van der Waals surface area contributed by atoms with Gasteiger partial charge >= 0.3 is 0 Å². The largest absolute Gasteiger partial charge is 0.309 e. The van der Waals surface area contributed by atoms with Crippen LogP contribution in [0.4, 0.5) is 0 Å². The van der Waals surface area contributed by atoms with Gasteiger partial charge in [-0.1, -0.05) is 224 Å². The highest BCUT2D eigenvalue weighted by atomic mass is 28.3. The molecular formula is C66H45N3Si. The van der Waals surface area contributed by atoms with Gasteiger partial charge in [-0.2, -0.15) is 0 Å². The molecule has 0 atom stereocenters. The highest BCUT2D eigenvalue weighted by Crippen LogP contribution is 2.42. The molecule has 0 aliphatic carbocycles. The van der Waals surface area contributed by atoms with Crippen molar-refractivity contribution in [3.8, 4) is 28.2 Å². The number of rotatable bonds is 8. The van der Waals surface area contributed by atoms with Crippen LogP contribution in [0, 0.1) is 0 Å². The highest BCUT2D eigenvalue weighted by molar-refractivity contribution is 7.20. The van der Waals surface area contributed by atoms with Crippen LogP contribution in [0.15, 0.2) is 273 Å². The minimum Gasteiger partial charge on any atom is -0.309 e. The Hall–Kier alpha value is -8.96. The van der Waals surface area contributed by atoms with Crippen molar-refractivity contribution in [2.24, 2.45) is 0 Å². The molecule has 0 fully saturated rings. The van der Waals surface area contributed by atoms with Crippen LogP contribution in [0.5, 0.6) is 0 Å². The molecule has 0 saturated heterocycles. The van der Waals surface area contributed by atoms with Crippen molar-refractivity contribution in [2.75, 3.05) is 0 Å². The minimum absolute atomic E-state index is 1.10. The molecule has 14 rings (SSSR count). The molecule has 14 aromatic rings. The van der Waals surface area contributed by atoms with E-state index in [0.717, 1.165) is 28.1 Å². The fraction of sp³-hybridized carbons (Fsp3) is 0. The first-order chi connectivity index (χ1) is 34.8. The summed E-state index contributed by atoms with van der Waals surface area (Å²) in [5.74, 6) is 0. The summed E-state index contributed by atoms with van der Waals surface area (Å²) in [7, 11) is -3.07. The zero-order valence-electron chi connectivity index (χ0n) is 38.3. The molecule has 0 amide bonds. The van der Waals surface area contributed by atoms with Gasteiger partial charge in [-0.3, -0.25) is 0 Å². The van der Waals surface area contributed by atoms with Gasteiger partial charge in [-0.05, 0) is 74.8 Å². The average Bonchev–Trinajstić information content (AvgIpc) is 4.08. The predicted octanol–water partition coefficient (Wildman–Crippen LogP) is 14.0. The Balaban J connectivity index is 1.17. The molecule has 0 N–H and O–H groups in total. The van der Waals surface area contributed by atoms with Gasteiger partial charge in [0.15, 0.2) is 8.07 Å². The summed E-state index contributed by atoms with van der Waals surface area (Å²) in [4.78, 5) is 0. The third-order valence-electron chi connectivity index (χ3n) is 14.8. The SMILES string of the molecule is c1ccc(-c2ccccc2-n2c3ccccc3c3ccc(-n4c5ccccc5c5c([Si](c6ccccc6)(c6ccccc6)c6ccccc6)ccc(-n6c7ccccc7c7ccccc76)c54)cc32)cc1. The van der Waals surface area contributed by atoms with E-state index >= 15 is 0 Å². The molecule has 3 aromatic heterocycles. The van der Waals surface area contributed by atoms with Gasteiger partial charge in [-0.15, -0.1) is 0 Å². The Morgan fingerprint density at radius 3 is 1.23 bits per heavy atom. The monoisotopic (exact) mass is 907 g/mol. The van der Waals surface area contributed by atoms with Crippen molar-refractivity contribution in [3.05, 3.63) is 273 Å². The molecule has 70 heavy (non-hydrogen) atoms. The first-order valence-electron chi connectivity index (χ1n) is 24.2. The quantitative estimate of drug-likeness (QED) is 0.107. The second kappa shape index (κ2) is 16.1. The van der Waals surface area contributed by atoms with Gasteiger partial charge in [-0.25, -0.2) is 0 Å². The third kappa shape index (κ3) is 5.87. The Kier molecular flexibility index (Phi) is 9.23. The van der Waals surface area contributed by atoms with Crippen molar-refractivity contribution < 1.29 is 0 Å². The molecule has 3 heterocycles. The third-order valence-corrected chi connectivity index (χ3v) is 19.6. The summed E-state index contributed by atoms with van der Waals surface area (Å²) in [6.45, 7) is 0. The number of para-hydroxylation sites is 5. The summed E-state index contributed by atoms with van der Waals surface area (Å²) >= 11 is 0. The first kappa shape index (κ1) is 40.1. The Morgan fingerprint density at radius 2 is 0.686 bits per heavy atom. The zero-order chi connectivity index (χ0) is 46.2. The standard InChI is InChI=1S/C66H45N3Si/c1-5-23-46(24-6-1)51-31-13-18-36-57(51)69-60-39-21-16-34-54(60)55-42-41-47(45-63(55)69)67-61-40-22-17-35-56(61)65-64(44-43-62(66(65)67)68-58-37-19-14-32-52(58)53-33-15-20-38-59(53)68)70(48-25-7-2-8-26-48,49-27-9-3-10-28-49)50-29-11-4-12-30-50/h1-45H. The topological polar surface area (TPSA) is 14.8 Å². The van der Waals surface area contributed by atoms with Crippen LogP contribution in [0.2, 0.25) is 0 Å². The number of hydrogen-bond donors (Lipinski definition) is 0. The van der Waals surface area contributed by atoms with E-state index in [0.29, 0.717) is 0 Å². The molecule has 0 aliphatic heterocycles. The maximum Gasteiger partial charge on any atom is 0.180 e. The molecule has 0 unspecified atom stereocenters. The maximum absolute atomic E-state index is 3.07. The van der Waals surface area contributed by atoms with Gasteiger partial charge < -0.3 is 13.7 Å². The van der Waals surface area contributed by atoms with Crippen molar-refractivity contribution in [3.63, 3.8) is 0 Å². The van der Waals surface area contributed by atoms with E-state index in [1.807, 2.05) is 0 Å². The van der Waals surface area contributed by atoms with Crippen molar-refractivity contribution in [2.45, 2.75) is 0 Å². The average molecular weight is 908 g/mol. The lowest BCUT2D eigenvalue weighted by molar-refractivity contribution is 1.13. The predicted molar refractivity (Wildman–Crippen MR) is 299 cm³/mol. The maximum atomic E-state index is 2.58. The van der Waals surface area contributed by atoms with Crippen LogP contribution in [-0.4, -0.2) is 21.8 Å². The highest BCUT2D eigenvalue weighted by Gasteiger charge is 2.43. The minimum atomic E-state index is -3.07. The van der Waals surface area contributed by atoms with Gasteiger partial charge in [0.25, 0.3) is 0 Å². The Labute approximate surface area is 407 Å². The lowest BCUT2D eigenvalue weighted by Gasteiger charge is -2.35. The molecule has 3 nitrogen and oxygen atoms in total. The lowest BCUT2D eigenvalue weighted by atomic mass is 10.0. The summed E-state index contributed by atoms with van der Waals surface area (Å²) in [6.07, 6.45) is 0. The molecule has 328 valence electrons. The van der Waals surface area contributed by atoms with Crippen LogP contribution in [0.3, 0.4) is 0 Å². The molecule has 0 bridgehead atoms. The molecule has 11 aromatic carbocycles. The van der Waals surface area contributed by atoms with Crippen molar-refractivity contribution >= 4 is 94.2 Å². The number of fused-ring (bicyclic) bond motifs is 9. The molecule has 4 heteroatoms. The van der Waals surface area contributed by atoms with Gasteiger partial charge in [0, 0.05) is 43.6 Å². The van der Waals surface area contributed by atoms with E-state index in [-0.39, 0.29) is 0 Å². The fourth-order valence-electron chi connectivity index (χ4n) is 11.9. The van der Waals surface area contributed by atoms with Gasteiger partial charge in [0.1, 0.15) is 0 Å². The summed E-state index contributed by atoms with van der Waals surface area (Å²) in [5.41, 5.74) is 12.8. The van der Waals surface area contributed by atoms with Crippen LogP contribution in [0.1, 0.15) is 0 Å². The number of aromatic nitrogens is 3. The van der Waals surface area contributed by atoms with E-state index < -0.39 is 8.07 Å². The van der Waals surface area contributed by atoms with Crippen molar-refractivity contribution in [1.82, 2.24) is 13.7 Å². The van der Waals surface area contributed by atoms with E-state index in [4.69, 9.17) is 0 Å². The van der Waals surface area contributed by atoms with Crippen LogP contribution in [-0.2, 0) is 0 Å². The van der Waals surface area contributed by atoms with Crippen LogP contribution < -0.4 is 20.7 Å². The summed E-state index contributed by atoms with van der Waals surface area (Å²) < 4.78 is 7.59. The molecular weight excluding hydrogens is 863 g/mol. The second-order valence-electron chi connectivity index (χ2n) is 18.4. The Bertz CT molecular complexity index is 4130. The first-order valence-corrected chi connectivity index (χ1v) is 26.2. The normalized spacial score (nSPS) is 12.0. The number of hydrogen-bond acceptors (Lipinski definition) is 0. The summed E-state index contributed by atoms with van der Waals surface area (Å²) in [5, 5.41) is 12.8. The lowest BCUT2D eigenvalue weighted by Crippen LogP contribution is -2.74. The summed E-state index contributed by atoms with van der Waals surface area (Å²) in [6, 6.07) is 102. The van der Waals surface area contributed by atoms with E-state index in [2.05, 4.69) is 287 Å². The van der Waals surface area contributed by atoms with E-state index in [1.54, 1.807) is 0 Å². The zero-order valence-corrected chi connectivity index (χ0v) is 39.3. The number of benzene rings is 11. The van der Waals surface area contributed by atoms with Gasteiger partial charge in [0.2, 0.25) is 0 Å². The molecule has 0 aliphatic rings. The second-order valence-corrected chi connectivity index (χ2v) is 22.1. The van der Waals surface area contributed by atoms with Crippen LogP contribution in [0.25, 0.3) is 93.6 Å². The molecule has 0 saturated carbocycles. The van der Waals surface area contributed by atoms with E-state index in [1.165, 1.54) is 86.3 Å². The molecule has 0 spiro atoms. The van der Waals surface area contributed by atoms with Crippen molar-refractivity contribution in [1.29, 1.82) is 0 Å². The number of nitrogens with zero attached hydrogens (tertiary/aromatic N) is 3.